The molecule has 1 saturated carbocycles. The number of nitrogens with zero attached hydrogens (tertiary/aromatic N) is 1. The smallest absolute Gasteiger partial charge is 0.315 e. The van der Waals surface area contributed by atoms with E-state index in [2.05, 4.69) is 31.2 Å². The zero-order valence-corrected chi connectivity index (χ0v) is 13.2. The molecule has 1 rings (SSSR count). The normalized spacial score (nSPS) is 29.7. The molecular weight excluding hydrogens is 265 g/mol. The third-order valence-corrected chi connectivity index (χ3v) is 4.85. The summed E-state index contributed by atoms with van der Waals surface area (Å²) < 4.78 is 37.0. The van der Waals surface area contributed by atoms with Crippen LogP contribution in [-0.2, 0) is 0 Å². The predicted molar refractivity (Wildman–Crippen MR) is 76.8 cm³/mol. The van der Waals surface area contributed by atoms with Gasteiger partial charge in [-0.3, -0.25) is 0 Å². The van der Waals surface area contributed by atoms with Crippen molar-refractivity contribution in [3.63, 3.8) is 0 Å². The molecule has 0 aliphatic heterocycles. The zero-order chi connectivity index (χ0) is 15.4. The molecule has 0 amide bonds. The first-order valence-corrected chi connectivity index (χ1v) is 7.63. The molecule has 0 aromatic carbocycles. The summed E-state index contributed by atoms with van der Waals surface area (Å²) >= 11 is 0. The average molecular weight is 294 g/mol. The van der Waals surface area contributed by atoms with Crippen LogP contribution in [0.3, 0.4) is 0 Å². The van der Waals surface area contributed by atoms with Crippen LogP contribution >= 0.6 is 0 Å². The summed E-state index contributed by atoms with van der Waals surface area (Å²) in [5, 5.41) is 3.29. The van der Waals surface area contributed by atoms with Gasteiger partial charge in [0.25, 0.3) is 0 Å². The molecule has 1 aliphatic carbocycles. The number of alkyl halides is 3. The first kappa shape index (κ1) is 17.8. The molecule has 1 aliphatic rings. The van der Waals surface area contributed by atoms with Crippen molar-refractivity contribution in [2.75, 3.05) is 21.1 Å². The molecule has 20 heavy (non-hydrogen) atoms. The number of nitrogens with one attached hydrogen (secondary N) is 1. The lowest BCUT2D eigenvalue weighted by Crippen LogP contribution is -2.60. The van der Waals surface area contributed by atoms with Gasteiger partial charge in [0.2, 0.25) is 0 Å². The third-order valence-electron chi connectivity index (χ3n) is 4.85. The fourth-order valence-corrected chi connectivity index (χ4v) is 3.79. The van der Waals surface area contributed by atoms with Crippen LogP contribution in [0.4, 0.5) is 13.2 Å². The summed E-state index contributed by atoms with van der Waals surface area (Å²) in [5.74, 6) is 0.643. The lowest BCUT2D eigenvalue weighted by Gasteiger charge is -2.50. The second kappa shape index (κ2) is 7.12. The molecule has 5 heteroatoms. The van der Waals surface area contributed by atoms with Crippen LogP contribution in [0.2, 0.25) is 0 Å². The molecule has 0 spiro atoms. The minimum absolute atomic E-state index is 0.00197. The van der Waals surface area contributed by atoms with Gasteiger partial charge >= 0.3 is 6.18 Å². The Kier molecular flexibility index (Phi) is 6.32. The third kappa shape index (κ3) is 4.62. The highest BCUT2D eigenvalue weighted by Gasteiger charge is 2.43. The lowest BCUT2D eigenvalue weighted by atomic mass is 9.70. The maximum atomic E-state index is 12.3. The van der Waals surface area contributed by atoms with E-state index in [0.717, 1.165) is 19.3 Å². The largest absolute Gasteiger partial charge is 0.389 e. The molecule has 0 aromatic rings. The first-order valence-electron chi connectivity index (χ1n) is 7.63. The minimum atomic E-state index is -4.04. The van der Waals surface area contributed by atoms with Gasteiger partial charge < -0.3 is 10.2 Å². The highest BCUT2D eigenvalue weighted by atomic mass is 19.4. The summed E-state index contributed by atoms with van der Waals surface area (Å²) in [6.07, 6.45) is 0.609. The zero-order valence-electron chi connectivity index (χ0n) is 13.2. The van der Waals surface area contributed by atoms with Crippen molar-refractivity contribution in [2.24, 2.45) is 5.92 Å². The van der Waals surface area contributed by atoms with E-state index in [1.807, 2.05) is 7.05 Å². The molecule has 1 fully saturated rings. The number of rotatable bonds is 6. The Balaban J connectivity index is 2.71. The SMILES string of the molecule is CNC(CCCC(F)(F)F)C1(N(C)C)CCCC(C)C1. The van der Waals surface area contributed by atoms with Crippen LogP contribution < -0.4 is 5.32 Å². The molecule has 0 saturated heterocycles. The van der Waals surface area contributed by atoms with Gasteiger partial charge in [-0.2, -0.15) is 13.2 Å². The molecule has 3 unspecified atom stereocenters. The van der Waals surface area contributed by atoms with Gasteiger partial charge in [-0.1, -0.05) is 19.8 Å². The lowest BCUT2D eigenvalue weighted by molar-refractivity contribution is -0.136. The van der Waals surface area contributed by atoms with Crippen molar-refractivity contribution in [3.8, 4) is 0 Å². The molecule has 0 radical (unpaired) electrons. The number of halogens is 3. The van der Waals surface area contributed by atoms with Crippen molar-refractivity contribution in [2.45, 2.75) is 69.6 Å². The summed E-state index contributed by atoms with van der Waals surface area (Å²) in [6, 6.07) is 0.127. The number of hydrogen-bond acceptors (Lipinski definition) is 2. The van der Waals surface area contributed by atoms with Crippen LogP contribution in [0.25, 0.3) is 0 Å². The maximum absolute atomic E-state index is 12.3. The van der Waals surface area contributed by atoms with E-state index in [9.17, 15) is 13.2 Å². The van der Waals surface area contributed by atoms with E-state index >= 15 is 0 Å². The molecule has 0 aromatic heterocycles. The Labute approximate surface area is 121 Å². The summed E-state index contributed by atoms with van der Waals surface area (Å²) in [6.45, 7) is 2.25. The molecule has 0 heterocycles. The molecular formula is C15H29F3N2. The second-order valence-corrected chi connectivity index (χ2v) is 6.55. The second-order valence-electron chi connectivity index (χ2n) is 6.55. The Morgan fingerprint density at radius 1 is 1.35 bits per heavy atom. The van der Waals surface area contributed by atoms with Crippen molar-refractivity contribution in [3.05, 3.63) is 0 Å². The first-order chi connectivity index (χ1) is 9.21. The minimum Gasteiger partial charge on any atom is -0.315 e. The fraction of sp³-hybridized carbons (Fsp3) is 1.00. The molecule has 0 bridgehead atoms. The van der Waals surface area contributed by atoms with Gasteiger partial charge in [-0.25, -0.2) is 0 Å². The van der Waals surface area contributed by atoms with E-state index in [0.29, 0.717) is 12.3 Å². The summed E-state index contributed by atoms with van der Waals surface area (Å²) in [4.78, 5) is 2.23. The van der Waals surface area contributed by atoms with E-state index in [1.54, 1.807) is 0 Å². The summed E-state index contributed by atoms with van der Waals surface area (Å²) in [5.41, 5.74) is -0.00197. The maximum Gasteiger partial charge on any atom is 0.389 e. The van der Waals surface area contributed by atoms with Crippen LogP contribution in [0.1, 0.15) is 51.9 Å². The Morgan fingerprint density at radius 3 is 2.45 bits per heavy atom. The van der Waals surface area contributed by atoms with E-state index < -0.39 is 12.6 Å². The van der Waals surface area contributed by atoms with E-state index in [1.165, 1.54) is 6.42 Å². The Hall–Kier alpha value is -0.290. The van der Waals surface area contributed by atoms with Crippen molar-refractivity contribution in [1.29, 1.82) is 0 Å². The quantitative estimate of drug-likeness (QED) is 0.801. The van der Waals surface area contributed by atoms with Crippen LogP contribution in [0.15, 0.2) is 0 Å². The van der Waals surface area contributed by atoms with Crippen molar-refractivity contribution < 1.29 is 13.2 Å². The Bertz CT molecular complexity index is 291. The highest BCUT2D eigenvalue weighted by Crippen LogP contribution is 2.39. The number of hydrogen-bond donors (Lipinski definition) is 1. The molecule has 1 N–H and O–H groups in total. The van der Waals surface area contributed by atoms with E-state index in [4.69, 9.17) is 0 Å². The predicted octanol–water partition coefficient (Wildman–Crippen LogP) is 3.82. The molecule has 3 atom stereocenters. The van der Waals surface area contributed by atoms with Gasteiger partial charge in [0.05, 0.1) is 0 Å². The van der Waals surface area contributed by atoms with Gasteiger partial charge in [0.1, 0.15) is 0 Å². The van der Waals surface area contributed by atoms with Crippen LogP contribution in [0, 0.1) is 5.92 Å². The van der Waals surface area contributed by atoms with Crippen molar-refractivity contribution in [1.82, 2.24) is 10.2 Å². The van der Waals surface area contributed by atoms with Gasteiger partial charge in [0.15, 0.2) is 0 Å². The highest BCUT2D eigenvalue weighted by molar-refractivity contribution is 5.01. The van der Waals surface area contributed by atoms with Crippen LogP contribution in [0.5, 0.6) is 0 Å². The van der Waals surface area contributed by atoms with Gasteiger partial charge in [0, 0.05) is 18.0 Å². The van der Waals surface area contributed by atoms with E-state index in [-0.39, 0.29) is 18.0 Å². The Morgan fingerprint density at radius 2 is 2.00 bits per heavy atom. The fourth-order valence-electron chi connectivity index (χ4n) is 3.79. The van der Waals surface area contributed by atoms with Crippen molar-refractivity contribution >= 4 is 0 Å². The topological polar surface area (TPSA) is 15.3 Å². The van der Waals surface area contributed by atoms with Crippen LogP contribution in [-0.4, -0.2) is 43.8 Å². The van der Waals surface area contributed by atoms with Gasteiger partial charge in [-0.05, 0) is 52.7 Å². The standard InChI is InChI=1S/C15H29F3N2/c1-12-7-5-9-14(11-12,20(3)4)13(19-2)8-6-10-15(16,17)18/h12-13,19H,5-11H2,1-4H3. The monoisotopic (exact) mass is 294 g/mol. The number of likely N-dealkylation sites (N-methyl/N-ethyl adjacent to an activating group) is 2. The molecule has 2 nitrogen and oxygen atoms in total. The average Bonchev–Trinajstić information content (AvgIpc) is 2.33. The molecule has 120 valence electrons. The summed E-state index contributed by atoms with van der Waals surface area (Å²) in [7, 11) is 6.00. The van der Waals surface area contributed by atoms with Gasteiger partial charge in [-0.15, -0.1) is 0 Å².